The summed E-state index contributed by atoms with van der Waals surface area (Å²) in [5, 5.41) is 0. The standard InChI is InChI=1S/C8H10NO.Y/c9-6-7-10-8-4-2-1-3-5-8;/h1-2,4-5H,6-7,9H2;/q-1;. The van der Waals surface area contributed by atoms with E-state index >= 15 is 0 Å². The van der Waals surface area contributed by atoms with Crippen LogP contribution in [0.25, 0.3) is 0 Å². The average molecular weight is 225 g/mol. The van der Waals surface area contributed by atoms with Gasteiger partial charge in [-0.15, -0.1) is 12.1 Å². The smallest absolute Gasteiger partial charge is 0.0836 e. The number of hydrogen-bond donors (Lipinski definition) is 1. The summed E-state index contributed by atoms with van der Waals surface area (Å²) >= 11 is 0. The SMILES string of the molecule is NCCOc1c[c-]ccc1.[Y]. The second kappa shape index (κ2) is 6.77. The summed E-state index contributed by atoms with van der Waals surface area (Å²) in [6.45, 7) is 1.12. The Morgan fingerprint density at radius 2 is 2.36 bits per heavy atom. The second-order valence-corrected chi connectivity index (χ2v) is 1.88. The van der Waals surface area contributed by atoms with Gasteiger partial charge in [0, 0.05) is 45.0 Å². The first-order chi connectivity index (χ1) is 4.93. The van der Waals surface area contributed by atoms with E-state index in [1.54, 1.807) is 6.07 Å². The van der Waals surface area contributed by atoms with Gasteiger partial charge in [0.1, 0.15) is 0 Å². The van der Waals surface area contributed by atoms with E-state index in [1.807, 2.05) is 18.2 Å². The third-order valence-corrected chi connectivity index (χ3v) is 1.07. The van der Waals surface area contributed by atoms with Crippen molar-refractivity contribution in [1.29, 1.82) is 0 Å². The van der Waals surface area contributed by atoms with Crippen LogP contribution in [-0.2, 0) is 32.7 Å². The molecule has 11 heavy (non-hydrogen) atoms. The third-order valence-electron chi connectivity index (χ3n) is 1.07. The molecule has 0 saturated heterocycles. The van der Waals surface area contributed by atoms with Gasteiger partial charge in [-0.2, -0.15) is 18.2 Å². The van der Waals surface area contributed by atoms with Gasteiger partial charge < -0.3 is 10.5 Å². The molecule has 0 aliphatic heterocycles. The molecule has 3 heteroatoms. The van der Waals surface area contributed by atoms with E-state index in [4.69, 9.17) is 10.5 Å². The molecule has 1 radical (unpaired) electrons. The van der Waals surface area contributed by atoms with Crippen molar-refractivity contribution in [3.63, 3.8) is 0 Å². The van der Waals surface area contributed by atoms with Crippen molar-refractivity contribution in [3.05, 3.63) is 30.3 Å². The average Bonchev–Trinajstić information content (AvgIpc) is 2.03. The van der Waals surface area contributed by atoms with E-state index in [-0.39, 0.29) is 32.7 Å². The first kappa shape index (κ1) is 11.1. The molecule has 1 aromatic rings. The molecule has 57 valence electrons. The van der Waals surface area contributed by atoms with E-state index in [1.165, 1.54) is 0 Å². The zero-order valence-electron chi connectivity index (χ0n) is 6.29. The summed E-state index contributed by atoms with van der Waals surface area (Å²) in [7, 11) is 0. The number of rotatable bonds is 3. The van der Waals surface area contributed by atoms with Gasteiger partial charge in [-0.05, 0) is 0 Å². The summed E-state index contributed by atoms with van der Waals surface area (Å²) in [6, 6.07) is 10.3. The summed E-state index contributed by atoms with van der Waals surface area (Å²) in [6.07, 6.45) is 0. The van der Waals surface area contributed by atoms with Crippen LogP contribution in [0.2, 0.25) is 0 Å². The van der Waals surface area contributed by atoms with E-state index < -0.39 is 0 Å². The number of hydrogen-bond acceptors (Lipinski definition) is 2. The van der Waals surface area contributed by atoms with Crippen LogP contribution in [-0.4, -0.2) is 13.2 Å². The zero-order chi connectivity index (χ0) is 7.23. The van der Waals surface area contributed by atoms with Gasteiger partial charge in [0.15, 0.2) is 0 Å². The second-order valence-electron chi connectivity index (χ2n) is 1.88. The molecule has 0 aromatic heterocycles. The van der Waals surface area contributed by atoms with Crippen LogP contribution in [0.15, 0.2) is 24.3 Å². The van der Waals surface area contributed by atoms with Crippen LogP contribution in [0.3, 0.4) is 0 Å². The van der Waals surface area contributed by atoms with Crippen LogP contribution in [0, 0.1) is 6.07 Å². The maximum absolute atomic E-state index is 5.24. The molecule has 2 N–H and O–H groups in total. The first-order valence-electron chi connectivity index (χ1n) is 3.22. The van der Waals surface area contributed by atoms with Crippen molar-refractivity contribution in [3.8, 4) is 5.75 Å². The molecule has 0 heterocycles. The Morgan fingerprint density at radius 3 is 2.91 bits per heavy atom. The van der Waals surface area contributed by atoms with Crippen LogP contribution < -0.4 is 10.5 Å². The molecule has 0 bridgehead atoms. The van der Waals surface area contributed by atoms with Crippen molar-refractivity contribution < 1.29 is 37.4 Å². The van der Waals surface area contributed by atoms with Crippen molar-refractivity contribution >= 4 is 0 Å². The molecule has 0 aliphatic carbocycles. The van der Waals surface area contributed by atoms with Gasteiger partial charge in [-0.1, -0.05) is 0 Å². The largest absolute Gasteiger partial charge is 0.550 e. The third kappa shape index (κ3) is 4.51. The van der Waals surface area contributed by atoms with Gasteiger partial charge in [0.25, 0.3) is 0 Å². The Bertz CT molecular complexity index is 179. The Morgan fingerprint density at radius 1 is 1.55 bits per heavy atom. The van der Waals surface area contributed by atoms with Crippen LogP contribution in [0.1, 0.15) is 0 Å². The van der Waals surface area contributed by atoms with Gasteiger partial charge in [-0.25, -0.2) is 0 Å². The van der Waals surface area contributed by atoms with Crippen molar-refractivity contribution in [2.24, 2.45) is 5.73 Å². The first-order valence-corrected chi connectivity index (χ1v) is 3.22. The van der Waals surface area contributed by atoms with Gasteiger partial charge in [0.05, 0.1) is 6.61 Å². The van der Waals surface area contributed by atoms with Gasteiger partial charge in [0.2, 0.25) is 0 Å². The summed E-state index contributed by atoms with van der Waals surface area (Å²) < 4.78 is 5.20. The maximum Gasteiger partial charge on any atom is 0.0836 e. The molecule has 0 fully saturated rings. The molecular weight excluding hydrogens is 215 g/mol. The molecule has 0 amide bonds. The Kier molecular flexibility index (Phi) is 6.82. The molecule has 1 aromatic carbocycles. The molecule has 0 atom stereocenters. The minimum atomic E-state index is 0. The number of nitrogens with two attached hydrogens (primary N) is 1. The molecule has 2 nitrogen and oxygen atoms in total. The van der Waals surface area contributed by atoms with Gasteiger partial charge in [-0.3, -0.25) is 0 Å². The van der Waals surface area contributed by atoms with Gasteiger partial charge >= 0.3 is 0 Å². The fourth-order valence-corrected chi connectivity index (χ4v) is 0.643. The summed E-state index contributed by atoms with van der Waals surface area (Å²) in [5.41, 5.74) is 5.24. The molecular formula is C8H10NOY-. The molecule has 0 saturated carbocycles. The van der Waals surface area contributed by atoms with E-state index in [0.29, 0.717) is 13.2 Å². The Balaban J connectivity index is 0.000001000. The van der Waals surface area contributed by atoms with Crippen LogP contribution in [0.5, 0.6) is 5.75 Å². The minimum absolute atomic E-state index is 0. The number of benzene rings is 1. The monoisotopic (exact) mass is 225 g/mol. The van der Waals surface area contributed by atoms with E-state index in [0.717, 1.165) is 5.75 Å². The fraction of sp³-hybridized carbons (Fsp3) is 0.250. The predicted molar refractivity (Wildman–Crippen MR) is 39.8 cm³/mol. The summed E-state index contributed by atoms with van der Waals surface area (Å²) in [5.74, 6) is 0.827. The number of ether oxygens (including phenoxy) is 1. The summed E-state index contributed by atoms with van der Waals surface area (Å²) in [4.78, 5) is 0. The predicted octanol–water partition coefficient (Wildman–Crippen LogP) is 0.822. The molecule has 0 unspecified atom stereocenters. The molecule has 0 aliphatic rings. The molecule has 1 rings (SSSR count). The fourth-order valence-electron chi connectivity index (χ4n) is 0.643. The topological polar surface area (TPSA) is 35.2 Å². The zero-order valence-corrected chi connectivity index (χ0v) is 9.12. The van der Waals surface area contributed by atoms with Crippen molar-refractivity contribution in [1.82, 2.24) is 0 Å². The quantitative estimate of drug-likeness (QED) is 0.773. The normalized spacial score (nSPS) is 8.45. The van der Waals surface area contributed by atoms with Crippen molar-refractivity contribution in [2.45, 2.75) is 0 Å². The maximum atomic E-state index is 5.24. The van der Waals surface area contributed by atoms with Crippen molar-refractivity contribution in [2.75, 3.05) is 13.2 Å². The Labute approximate surface area is 92.0 Å². The van der Waals surface area contributed by atoms with Crippen LogP contribution >= 0.6 is 0 Å². The van der Waals surface area contributed by atoms with E-state index in [9.17, 15) is 0 Å². The minimum Gasteiger partial charge on any atom is -0.550 e. The van der Waals surface area contributed by atoms with Crippen LogP contribution in [0.4, 0.5) is 0 Å². The van der Waals surface area contributed by atoms with E-state index in [2.05, 4.69) is 6.07 Å². The molecule has 0 spiro atoms. The Hall–Kier alpha value is 0.0839.